The molecule has 122 valence electrons. The van der Waals surface area contributed by atoms with Crippen LogP contribution in [-0.2, 0) is 0 Å². The van der Waals surface area contributed by atoms with E-state index >= 15 is 0 Å². The van der Waals surface area contributed by atoms with Crippen molar-refractivity contribution in [3.8, 4) is 0 Å². The minimum atomic E-state index is -0.138. The second kappa shape index (κ2) is 6.06. The van der Waals surface area contributed by atoms with Gasteiger partial charge in [0, 0.05) is 38.3 Å². The molecule has 0 radical (unpaired) electrons. The van der Waals surface area contributed by atoms with E-state index in [4.69, 9.17) is 0 Å². The Labute approximate surface area is 136 Å². The van der Waals surface area contributed by atoms with Crippen molar-refractivity contribution in [2.24, 2.45) is 0 Å². The van der Waals surface area contributed by atoms with Gasteiger partial charge in [0.05, 0.1) is 11.1 Å². The van der Waals surface area contributed by atoms with Crippen LogP contribution in [0.25, 0.3) is 0 Å². The van der Waals surface area contributed by atoms with E-state index in [2.05, 4.69) is 10.2 Å². The Balaban J connectivity index is 1.43. The number of benzene rings is 1. The molecule has 5 nitrogen and oxygen atoms in total. The first-order valence-corrected chi connectivity index (χ1v) is 8.68. The van der Waals surface area contributed by atoms with Gasteiger partial charge in [0.2, 0.25) is 0 Å². The molecule has 1 saturated carbocycles. The normalized spacial score (nSPS) is 27.9. The zero-order valence-corrected chi connectivity index (χ0v) is 13.3. The molecule has 0 aromatic heterocycles. The van der Waals surface area contributed by atoms with Gasteiger partial charge in [-0.15, -0.1) is 0 Å². The van der Waals surface area contributed by atoms with Crippen LogP contribution in [0.3, 0.4) is 0 Å². The third kappa shape index (κ3) is 2.58. The molecular formula is C18H23N3O2. The Morgan fingerprint density at radius 1 is 1.00 bits per heavy atom. The maximum absolute atomic E-state index is 12.4. The Morgan fingerprint density at radius 3 is 2.43 bits per heavy atom. The van der Waals surface area contributed by atoms with Gasteiger partial charge in [-0.1, -0.05) is 25.0 Å². The van der Waals surface area contributed by atoms with E-state index in [0.717, 1.165) is 19.6 Å². The van der Waals surface area contributed by atoms with E-state index in [9.17, 15) is 9.59 Å². The van der Waals surface area contributed by atoms with Gasteiger partial charge in [0.25, 0.3) is 11.8 Å². The maximum Gasteiger partial charge on any atom is 0.261 e. The molecule has 2 aliphatic heterocycles. The number of hydrogen-bond acceptors (Lipinski definition) is 4. The van der Waals surface area contributed by atoms with Crippen molar-refractivity contribution in [3.05, 3.63) is 35.4 Å². The molecule has 1 aliphatic carbocycles. The molecule has 23 heavy (non-hydrogen) atoms. The molecule has 0 spiro atoms. The number of fused-ring (bicyclic) bond motifs is 2. The Kier molecular flexibility index (Phi) is 3.91. The summed E-state index contributed by atoms with van der Waals surface area (Å²) >= 11 is 0. The lowest BCUT2D eigenvalue weighted by Gasteiger charge is -2.45. The molecule has 0 bridgehead atoms. The van der Waals surface area contributed by atoms with Crippen LogP contribution < -0.4 is 5.32 Å². The highest BCUT2D eigenvalue weighted by Gasteiger charge is 2.37. The average Bonchev–Trinajstić information content (AvgIpc) is 2.84. The van der Waals surface area contributed by atoms with E-state index in [1.807, 2.05) is 12.1 Å². The standard InChI is InChI=1S/C18H23N3O2/c22-17-13-5-1-2-6-14(13)18(23)21(17)12-11-20-10-9-19-15-7-3-4-8-16(15)20/h1-2,5-6,15-16,19H,3-4,7-12H2. The van der Waals surface area contributed by atoms with Crippen molar-refractivity contribution < 1.29 is 9.59 Å². The van der Waals surface area contributed by atoms with Gasteiger partial charge in [0.15, 0.2) is 0 Å². The number of nitrogens with one attached hydrogen (secondary N) is 1. The summed E-state index contributed by atoms with van der Waals surface area (Å²) in [6.45, 7) is 3.29. The number of carbonyl (C=O) groups is 2. The van der Waals surface area contributed by atoms with Crippen LogP contribution in [-0.4, -0.2) is 59.9 Å². The molecule has 3 aliphatic rings. The van der Waals surface area contributed by atoms with Gasteiger partial charge in [-0.25, -0.2) is 0 Å². The van der Waals surface area contributed by atoms with Gasteiger partial charge in [-0.05, 0) is 25.0 Å². The Bertz CT molecular complexity index is 593. The van der Waals surface area contributed by atoms with Crippen molar-refractivity contribution in [1.82, 2.24) is 15.1 Å². The van der Waals surface area contributed by atoms with Gasteiger partial charge >= 0.3 is 0 Å². The predicted octanol–water partition coefficient (Wildman–Crippen LogP) is 1.50. The summed E-state index contributed by atoms with van der Waals surface area (Å²) in [5.41, 5.74) is 1.10. The summed E-state index contributed by atoms with van der Waals surface area (Å²) in [6, 6.07) is 8.27. The molecule has 2 amide bonds. The van der Waals surface area contributed by atoms with Crippen LogP contribution in [0.2, 0.25) is 0 Å². The average molecular weight is 313 g/mol. The van der Waals surface area contributed by atoms with Gasteiger partial charge in [-0.2, -0.15) is 0 Å². The summed E-state index contributed by atoms with van der Waals surface area (Å²) in [7, 11) is 0. The zero-order chi connectivity index (χ0) is 15.8. The molecule has 2 fully saturated rings. The first-order chi connectivity index (χ1) is 11.3. The number of rotatable bonds is 3. The van der Waals surface area contributed by atoms with Crippen molar-refractivity contribution >= 4 is 11.8 Å². The Hall–Kier alpha value is -1.72. The van der Waals surface area contributed by atoms with E-state index < -0.39 is 0 Å². The molecule has 2 atom stereocenters. The van der Waals surface area contributed by atoms with E-state index in [-0.39, 0.29) is 11.8 Å². The molecule has 4 rings (SSSR count). The lowest BCUT2D eigenvalue weighted by molar-refractivity contribution is 0.0551. The molecule has 2 unspecified atom stereocenters. The van der Waals surface area contributed by atoms with Crippen LogP contribution in [0.4, 0.5) is 0 Å². The van der Waals surface area contributed by atoms with Crippen molar-refractivity contribution in [2.75, 3.05) is 26.2 Å². The predicted molar refractivity (Wildman–Crippen MR) is 87.4 cm³/mol. The fourth-order valence-corrected chi connectivity index (χ4v) is 4.29. The molecule has 5 heteroatoms. The number of piperazine rings is 1. The second-order valence-corrected chi connectivity index (χ2v) is 6.76. The third-order valence-corrected chi connectivity index (χ3v) is 5.49. The fraction of sp³-hybridized carbons (Fsp3) is 0.556. The minimum absolute atomic E-state index is 0.138. The van der Waals surface area contributed by atoms with Crippen LogP contribution in [0.5, 0.6) is 0 Å². The van der Waals surface area contributed by atoms with Crippen LogP contribution in [0.1, 0.15) is 46.4 Å². The Morgan fingerprint density at radius 2 is 1.70 bits per heavy atom. The van der Waals surface area contributed by atoms with Crippen LogP contribution >= 0.6 is 0 Å². The van der Waals surface area contributed by atoms with Gasteiger partial charge in [0.1, 0.15) is 0 Å². The fourth-order valence-electron chi connectivity index (χ4n) is 4.29. The highest BCUT2D eigenvalue weighted by atomic mass is 16.2. The lowest BCUT2D eigenvalue weighted by atomic mass is 9.87. The molecular weight excluding hydrogens is 290 g/mol. The SMILES string of the molecule is O=C1c2ccccc2C(=O)N1CCN1CCNC2CCCCC21. The molecule has 2 heterocycles. The third-order valence-electron chi connectivity index (χ3n) is 5.49. The number of nitrogens with zero attached hydrogens (tertiary/aromatic N) is 2. The first kappa shape index (κ1) is 14.8. The summed E-state index contributed by atoms with van der Waals surface area (Å²) in [6.07, 6.45) is 5.06. The number of amides is 2. The largest absolute Gasteiger partial charge is 0.311 e. The van der Waals surface area contributed by atoms with Gasteiger partial charge in [-0.3, -0.25) is 19.4 Å². The van der Waals surface area contributed by atoms with E-state index in [1.54, 1.807) is 12.1 Å². The number of hydrogen-bond donors (Lipinski definition) is 1. The molecule has 1 saturated heterocycles. The second-order valence-electron chi connectivity index (χ2n) is 6.76. The topological polar surface area (TPSA) is 52.7 Å². The summed E-state index contributed by atoms with van der Waals surface area (Å²) < 4.78 is 0. The lowest BCUT2D eigenvalue weighted by Crippen LogP contribution is -2.60. The van der Waals surface area contributed by atoms with Crippen molar-refractivity contribution in [1.29, 1.82) is 0 Å². The highest BCUT2D eigenvalue weighted by molar-refractivity contribution is 6.21. The van der Waals surface area contributed by atoms with Crippen LogP contribution in [0.15, 0.2) is 24.3 Å². The van der Waals surface area contributed by atoms with Gasteiger partial charge < -0.3 is 5.32 Å². The van der Waals surface area contributed by atoms with Crippen LogP contribution in [0, 0.1) is 0 Å². The molecule has 1 aromatic rings. The molecule has 1 aromatic carbocycles. The monoisotopic (exact) mass is 313 g/mol. The maximum atomic E-state index is 12.4. The van der Waals surface area contributed by atoms with Crippen molar-refractivity contribution in [2.45, 2.75) is 37.8 Å². The minimum Gasteiger partial charge on any atom is -0.311 e. The summed E-state index contributed by atoms with van der Waals surface area (Å²) in [4.78, 5) is 28.8. The highest BCUT2D eigenvalue weighted by Crippen LogP contribution is 2.26. The summed E-state index contributed by atoms with van der Waals surface area (Å²) in [5, 5.41) is 3.62. The molecule has 1 N–H and O–H groups in total. The number of imide groups is 1. The van der Waals surface area contributed by atoms with Crippen molar-refractivity contribution in [3.63, 3.8) is 0 Å². The smallest absolute Gasteiger partial charge is 0.261 e. The van der Waals surface area contributed by atoms with E-state index in [1.165, 1.54) is 30.6 Å². The zero-order valence-electron chi connectivity index (χ0n) is 13.3. The quantitative estimate of drug-likeness (QED) is 0.859. The number of carbonyl (C=O) groups excluding carboxylic acids is 2. The van der Waals surface area contributed by atoms with E-state index in [0.29, 0.717) is 29.8 Å². The first-order valence-electron chi connectivity index (χ1n) is 8.68. The summed E-state index contributed by atoms with van der Waals surface area (Å²) in [5.74, 6) is -0.276.